The highest BCUT2D eigenvalue weighted by Gasteiger charge is 2.41. The van der Waals surface area contributed by atoms with E-state index in [1.807, 2.05) is 91.0 Å². The SMILES string of the molecule is CC(S)[C@H](N)C(=O)OC(c1ccccc1)(c1ccccc1)c1ccccc1. The molecule has 0 saturated heterocycles. The van der Waals surface area contributed by atoms with Gasteiger partial charge in [-0.15, -0.1) is 0 Å². The molecule has 0 aliphatic rings. The number of carbonyl (C=O) groups is 1. The second-order valence-corrected chi connectivity index (χ2v) is 7.28. The Balaban J connectivity index is 2.25. The van der Waals surface area contributed by atoms with E-state index in [-0.39, 0.29) is 5.25 Å². The summed E-state index contributed by atoms with van der Waals surface area (Å²) in [5.74, 6) is -0.492. The smallest absolute Gasteiger partial charge is 0.325 e. The first kappa shape index (κ1) is 19.2. The van der Waals surface area contributed by atoms with Gasteiger partial charge >= 0.3 is 5.97 Å². The summed E-state index contributed by atoms with van der Waals surface area (Å²) in [6.45, 7) is 1.78. The highest BCUT2D eigenvalue weighted by Crippen LogP contribution is 2.40. The Morgan fingerprint density at radius 3 is 1.44 bits per heavy atom. The van der Waals surface area contributed by atoms with Gasteiger partial charge in [-0.2, -0.15) is 12.6 Å². The van der Waals surface area contributed by atoms with E-state index in [1.54, 1.807) is 6.92 Å². The summed E-state index contributed by atoms with van der Waals surface area (Å²) in [5.41, 5.74) is 7.52. The number of ether oxygens (including phenoxy) is 1. The third-order valence-electron chi connectivity index (χ3n) is 4.59. The van der Waals surface area contributed by atoms with E-state index >= 15 is 0 Å². The third-order valence-corrected chi connectivity index (χ3v) is 4.91. The van der Waals surface area contributed by atoms with Crippen molar-refractivity contribution in [2.24, 2.45) is 5.73 Å². The number of thiol groups is 1. The van der Waals surface area contributed by atoms with Gasteiger partial charge in [0, 0.05) is 21.9 Å². The van der Waals surface area contributed by atoms with Gasteiger partial charge in [-0.05, 0) is 0 Å². The first-order chi connectivity index (χ1) is 13.1. The lowest BCUT2D eigenvalue weighted by molar-refractivity contribution is -0.155. The number of esters is 1. The fourth-order valence-corrected chi connectivity index (χ4v) is 3.23. The van der Waals surface area contributed by atoms with Crippen molar-refractivity contribution in [2.75, 3.05) is 0 Å². The van der Waals surface area contributed by atoms with Crippen molar-refractivity contribution in [1.82, 2.24) is 0 Å². The minimum atomic E-state index is -1.10. The Labute approximate surface area is 165 Å². The quantitative estimate of drug-likeness (QED) is 0.385. The fourth-order valence-electron chi connectivity index (χ4n) is 3.11. The van der Waals surface area contributed by atoms with Gasteiger partial charge in [0.15, 0.2) is 5.60 Å². The lowest BCUT2D eigenvalue weighted by Gasteiger charge is -2.36. The Kier molecular flexibility index (Phi) is 5.99. The van der Waals surface area contributed by atoms with Crippen molar-refractivity contribution in [3.63, 3.8) is 0 Å². The average molecular weight is 378 g/mol. The zero-order valence-corrected chi connectivity index (χ0v) is 16.1. The molecule has 4 heteroatoms. The van der Waals surface area contributed by atoms with Crippen LogP contribution in [0.4, 0.5) is 0 Å². The Hall–Kier alpha value is -2.56. The molecule has 3 aromatic rings. The maximum atomic E-state index is 12.9. The average Bonchev–Trinajstić information content (AvgIpc) is 2.73. The molecule has 1 unspecified atom stereocenters. The monoisotopic (exact) mass is 377 g/mol. The summed E-state index contributed by atoms with van der Waals surface area (Å²) in [4.78, 5) is 12.9. The number of carbonyl (C=O) groups excluding carboxylic acids is 1. The molecule has 3 aromatic carbocycles. The fraction of sp³-hybridized carbons (Fsp3) is 0.174. The molecule has 0 fully saturated rings. The molecule has 3 nitrogen and oxygen atoms in total. The van der Waals surface area contributed by atoms with Crippen molar-refractivity contribution in [3.05, 3.63) is 108 Å². The molecule has 138 valence electrons. The molecule has 2 N–H and O–H groups in total. The predicted molar refractivity (Wildman–Crippen MR) is 112 cm³/mol. The number of benzene rings is 3. The molecule has 0 aliphatic carbocycles. The second kappa shape index (κ2) is 8.42. The van der Waals surface area contributed by atoms with Crippen LogP contribution < -0.4 is 5.73 Å². The van der Waals surface area contributed by atoms with Crippen LogP contribution >= 0.6 is 12.6 Å². The number of rotatable bonds is 6. The second-order valence-electron chi connectivity index (χ2n) is 6.47. The lowest BCUT2D eigenvalue weighted by Crippen LogP contribution is -2.45. The van der Waals surface area contributed by atoms with Gasteiger partial charge in [0.05, 0.1) is 0 Å². The topological polar surface area (TPSA) is 52.3 Å². The van der Waals surface area contributed by atoms with E-state index in [1.165, 1.54) is 0 Å². The maximum Gasteiger partial charge on any atom is 0.325 e. The summed E-state index contributed by atoms with van der Waals surface area (Å²) >= 11 is 4.32. The lowest BCUT2D eigenvalue weighted by atomic mass is 9.80. The van der Waals surface area contributed by atoms with E-state index in [0.717, 1.165) is 16.7 Å². The predicted octanol–water partition coefficient (Wildman–Crippen LogP) is 4.17. The van der Waals surface area contributed by atoms with Gasteiger partial charge in [-0.25, -0.2) is 0 Å². The Morgan fingerprint density at radius 1 is 0.815 bits per heavy atom. The standard InChI is InChI=1S/C23H23NO2S/c1-17(27)21(24)22(25)26-23(18-11-5-2-6-12-18,19-13-7-3-8-14-19)20-15-9-4-10-16-20/h2-17,21,27H,24H2,1H3/t17?,21-/m0/s1. The van der Waals surface area contributed by atoms with E-state index in [4.69, 9.17) is 10.5 Å². The Bertz CT molecular complexity index is 770. The van der Waals surface area contributed by atoms with Gasteiger partial charge in [0.1, 0.15) is 6.04 Å². The minimum absolute atomic E-state index is 0.322. The van der Waals surface area contributed by atoms with Gasteiger partial charge < -0.3 is 10.5 Å². The van der Waals surface area contributed by atoms with Gasteiger partial charge in [-0.1, -0.05) is 97.9 Å². The van der Waals surface area contributed by atoms with Gasteiger partial charge in [0.25, 0.3) is 0 Å². The van der Waals surface area contributed by atoms with Crippen LogP contribution in [0.25, 0.3) is 0 Å². The van der Waals surface area contributed by atoms with Crippen LogP contribution in [0, 0.1) is 0 Å². The highest BCUT2D eigenvalue weighted by atomic mass is 32.1. The molecule has 0 spiro atoms. The third kappa shape index (κ3) is 3.92. The van der Waals surface area contributed by atoms with Gasteiger partial charge in [-0.3, -0.25) is 4.79 Å². The van der Waals surface area contributed by atoms with Crippen LogP contribution in [0.15, 0.2) is 91.0 Å². The largest absolute Gasteiger partial charge is 0.443 e. The summed E-state index contributed by atoms with van der Waals surface area (Å²) < 4.78 is 6.21. The zero-order valence-electron chi connectivity index (χ0n) is 15.2. The van der Waals surface area contributed by atoms with Crippen LogP contribution in [0.1, 0.15) is 23.6 Å². The van der Waals surface area contributed by atoms with Gasteiger partial charge in [0.2, 0.25) is 0 Å². The number of hydrogen-bond donors (Lipinski definition) is 2. The van der Waals surface area contributed by atoms with Crippen molar-refractivity contribution in [3.8, 4) is 0 Å². The molecule has 27 heavy (non-hydrogen) atoms. The first-order valence-electron chi connectivity index (χ1n) is 8.89. The van der Waals surface area contributed by atoms with E-state index < -0.39 is 17.6 Å². The normalized spacial score (nSPS) is 13.6. The van der Waals surface area contributed by atoms with Crippen molar-refractivity contribution < 1.29 is 9.53 Å². The van der Waals surface area contributed by atoms with Crippen LogP contribution in [0.3, 0.4) is 0 Å². The van der Waals surface area contributed by atoms with Crippen LogP contribution in [-0.2, 0) is 15.1 Å². The molecule has 3 rings (SSSR count). The molecular formula is C23H23NO2S. The molecule has 0 amide bonds. The molecular weight excluding hydrogens is 354 g/mol. The van der Waals surface area contributed by atoms with E-state index in [2.05, 4.69) is 12.6 Å². The molecule has 0 aliphatic heterocycles. The van der Waals surface area contributed by atoms with Crippen LogP contribution in [-0.4, -0.2) is 17.3 Å². The number of hydrogen-bond acceptors (Lipinski definition) is 4. The highest BCUT2D eigenvalue weighted by molar-refractivity contribution is 7.81. The summed E-state index contributed by atoms with van der Waals surface area (Å²) in [6, 6.07) is 28.4. The first-order valence-corrected chi connectivity index (χ1v) is 9.40. The van der Waals surface area contributed by atoms with Crippen molar-refractivity contribution >= 4 is 18.6 Å². The van der Waals surface area contributed by atoms with Crippen molar-refractivity contribution in [2.45, 2.75) is 23.8 Å². The van der Waals surface area contributed by atoms with Crippen LogP contribution in [0.2, 0.25) is 0 Å². The maximum absolute atomic E-state index is 12.9. The molecule has 0 radical (unpaired) electrons. The minimum Gasteiger partial charge on any atom is -0.443 e. The van der Waals surface area contributed by atoms with Crippen LogP contribution in [0.5, 0.6) is 0 Å². The molecule has 2 atom stereocenters. The summed E-state index contributed by atoms with van der Waals surface area (Å²) in [5, 5.41) is -0.322. The zero-order chi connectivity index (χ0) is 19.3. The number of nitrogens with two attached hydrogens (primary N) is 1. The Morgan fingerprint density at radius 2 is 1.15 bits per heavy atom. The molecule has 0 aromatic heterocycles. The molecule has 0 saturated carbocycles. The summed E-state index contributed by atoms with van der Waals surface area (Å²) in [6.07, 6.45) is 0. The summed E-state index contributed by atoms with van der Waals surface area (Å²) in [7, 11) is 0. The molecule has 0 bridgehead atoms. The van der Waals surface area contributed by atoms with Crippen molar-refractivity contribution in [1.29, 1.82) is 0 Å². The molecule has 0 heterocycles. The van der Waals surface area contributed by atoms with E-state index in [0.29, 0.717) is 0 Å². The van der Waals surface area contributed by atoms with E-state index in [9.17, 15) is 4.79 Å².